The van der Waals surface area contributed by atoms with E-state index >= 15 is 0 Å². The van der Waals surface area contributed by atoms with Crippen LogP contribution >= 0.6 is 0 Å². The maximum absolute atomic E-state index is 13.8. The fourth-order valence-electron chi connectivity index (χ4n) is 1.90. The van der Waals surface area contributed by atoms with E-state index in [4.69, 9.17) is 0 Å². The highest BCUT2D eigenvalue weighted by atomic mass is 19.1. The molecule has 0 atom stereocenters. The Morgan fingerprint density at radius 2 is 2.29 bits per heavy atom. The summed E-state index contributed by atoms with van der Waals surface area (Å²) >= 11 is 0. The minimum atomic E-state index is -0.447. The van der Waals surface area contributed by atoms with Crippen LogP contribution < -0.4 is 10.2 Å². The van der Waals surface area contributed by atoms with E-state index in [1.165, 1.54) is 11.0 Å². The summed E-state index contributed by atoms with van der Waals surface area (Å²) in [6.45, 7) is 6.13. The molecule has 2 rings (SSSR count). The van der Waals surface area contributed by atoms with Crippen LogP contribution in [0.2, 0.25) is 0 Å². The lowest BCUT2D eigenvalue weighted by Gasteiger charge is -2.17. The van der Waals surface area contributed by atoms with Gasteiger partial charge in [-0.3, -0.25) is 4.90 Å². The summed E-state index contributed by atoms with van der Waals surface area (Å²) in [5.41, 5.74) is 0.472. The normalized spacial score (nSPS) is 18.4. The van der Waals surface area contributed by atoms with Crippen LogP contribution in [0.5, 0.6) is 0 Å². The summed E-state index contributed by atoms with van der Waals surface area (Å²) in [4.78, 5) is 17.1. The third-order valence-electron chi connectivity index (χ3n) is 2.79. The molecular formula is C12H16FN3O. The Balaban J connectivity index is 2.32. The summed E-state index contributed by atoms with van der Waals surface area (Å²) in [5, 5.41) is 2.78. The van der Waals surface area contributed by atoms with Crippen molar-refractivity contribution < 1.29 is 9.18 Å². The monoisotopic (exact) mass is 237 g/mol. The summed E-state index contributed by atoms with van der Waals surface area (Å²) < 4.78 is 13.8. The van der Waals surface area contributed by atoms with E-state index in [1.807, 2.05) is 20.8 Å². The molecule has 0 bridgehead atoms. The SMILES string of the molecule is CCc1cnc(N2CC(C)(C)NC2=O)c(F)c1. The van der Waals surface area contributed by atoms with Gasteiger partial charge >= 0.3 is 6.03 Å². The van der Waals surface area contributed by atoms with Crippen LogP contribution in [0.4, 0.5) is 15.0 Å². The highest BCUT2D eigenvalue weighted by molar-refractivity contribution is 5.94. The van der Waals surface area contributed by atoms with Crippen molar-refractivity contribution in [2.24, 2.45) is 0 Å². The third-order valence-corrected chi connectivity index (χ3v) is 2.79. The lowest BCUT2D eigenvalue weighted by atomic mass is 10.1. The number of carbonyl (C=O) groups excluding carboxylic acids is 1. The molecule has 0 aliphatic carbocycles. The Morgan fingerprint density at radius 3 is 2.76 bits per heavy atom. The van der Waals surface area contributed by atoms with Gasteiger partial charge in [-0.25, -0.2) is 14.2 Å². The van der Waals surface area contributed by atoms with Gasteiger partial charge in [-0.2, -0.15) is 0 Å². The second kappa shape index (κ2) is 3.98. The first-order valence-electron chi connectivity index (χ1n) is 5.67. The van der Waals surface area contributed by atoms with Crippen LogP contribution in [0.15, 0.2) is 12.3 Å². The number of pyridine rings is 1. The van der Waals surface area contributed by atoms with Crippen molar-refractivity contribution in [3.8, 4) is 0 Å². The van der Waals surface area contributed by atoms with E-state index in [2.05, 4.69) is 10.3 Å². The largest absolute Gasteiger partial charge is 0.331 e. The molecule has 17 heavy (non-hydrogen) atoms. The zero-order valence-corrected chi connectivity index (χ0v) is 10.2. The van der Waals surface area contributed by atoms with Crippen molar-refractivity contribution in [2.75, 3.05) is 11.4 Å². The Kier molecular flexibility index (Phi) is 2.77. The van der Waals surface area contributed by atoms with E-state index in [0.29, 0.717) is 6.54 Å². The first-order valence-corrected chi connectivity index (χ1v) is 5.67. The number of nitrogens with zero attached hydrogens (tertiary/aromatic N) is 2. The molecule has 0 unspecified atom stereocenters. The van der Waals surface area contributed by atoms with Gasteiger partial charge in [0, 0.05) is 6.20 Å². The standard InChI is InChI=1S/C12H16FN3O/c1-4-8-5-9(13)10(14-6-8)16-7-12(2,3)15-11(16)17/h5-6H,4,7H2,1-3H3,(H,15,17). The van der Waals surface area contributed by atoms with E-state index in [9.17, 15) is 9.18 Å². The second-order valence-electron chi connectivity index (χ2n) is 4.90. The molecule has 5 heteroatoms. The van der Waals surface area contributed by atoms with Crippen molar-refractivity contribution in [3.63, 3.8) is 0 Å². The lowest BCUT2D eigenvalue weighted by Crippen LogP contribution is -2.36. The van der Waals surface area contributed by atoms with Crippen molar-refractivity contribution in [3.05, 3.63) is 23.6 Å². The molecule has 1 aromatic heterocycles. The fourth-order valence-corrected chi connectivity index (χ4v) is 1.90. The van der Waals surface area contributed by atoms with Gasteiger partial charge in [-0.05, 0) is 31.9 Å². The molecule has 0 spiro atoms. The van der Waals surface area contributed by atoms with Crippen LogP contribution in [0.25, 0.3) is 0 Å². The van der Waals surface area contributed by atoms with Crippen LogP contribution in [0.3, 0.4) is 0 Å². The number of hydrogen-bond donors (Lipinski definition) is 1. The number of hydrogen-bond acceptors (Lipinski definition) is 2. The zero-order valence-electron chi connectivity index (χ0n) is 10.2. The molecule has 92 valence electrons. The molecule has 0 radical (unpaired) electrons. The summed E-state index contributed by atoms with van der Waals surface area (Å²) in [6, 6.07) is 1.13. The maximum Gasteiger partial charge on any atom is 0.323 e. The predicted molar refractivity (Wildman–Crippen MR) is 63.5 cm³/mol. The Labute approximate surface area is 99.8 Å². The van der Waals surface area contributed by atoms with Gasteiger partial charge in [-0.1, -0.05) is 6.92 Å². The van der Waals surface area contributed by atoms with E-state index in [-0.39, 0.29) is 17.4 Å². The number of nitrogens with one attached hydrogen (secondary N) is 1. The van der Waals surface area contributed by atoms with Crippen molar-refractivity contribution >= 4 is 11.8 Å². The molecule has 1 N–H and O–H groups in total. The average molecular weight is 237 g/mol. The smallest absolute Gasteiger partial charge is 0.323 e. The number of amides is 2. The predicted octanol–water partition coefficient (Wildman–Crippen LogP) is 2.09. The molecule has 1 aliphatic rings. The van der Waals surface area contributed by atoms with Crippen molar-refractivity contribution in [1.82, 2.24) is 10.3 Å². The van der Waals surface area contributed by atoms with Gasteiger partial charge in [0.2, 0.25) is 0 Å². The molecule has 4 nitrogen and oxygen atoms in total. The molecular weight excluding hydrogens is 221 g/mol. The number of rotatable bonds is 2. The molecule has 1 aliphatic heterocycles. The Hall–Kier alpha value is -1.65. The molecule has 0 saturated carbocycles. The van der Waals surface area contributed by atoms with E-state index in [1.54, 1.807) is 6.20 Å². The maximum atomic E-state index is 13.8. The van der Waals surface area contributed by atoms with Gasteiger partial charge in [0.25, 0.3) is 0 Å². The Morgan fingerprint density at radius 1 is 1.59 bits per heavy atom. The first-order chi connectivity index (χ1) is 7.93. The lowest BCUT2D eigenvalue weighted by molar-refractivity contribution is 0.248. The molecule has 2 heterocycles. The highest BCUT2D eigenvalue weighted by Gasteiger charge is 2.37. The third kappa shape index (κ3) is 2.23. The zero-order chi connectivity index (χ0) is 12.6. The van der Waals surface area contributed by atoms with Gasteiger partial charge in [0.15, 0.2) is 11.6 Å². The number of aromatic nitrogens is 1. The minimum Gasteiger partial charge on any atom is -0.331 e. The fraction of sp³-hybridized carbons (Fsp3) is 0.500. The average Bonchev–Trinajstić information content (AvgIpc) is 2.52. The Bertz CT molecular complexity index is 459. The second-order valence-corrected chi connectivity index (χ2v) is 4.90. The van der Waals surface area contributed by atoms with Gasteiger partial charge in [0.05, 0.1) is 12.1 Å². The summed E-state index contributed by atoms with van der Waals surface area (Å²) in [7, 11) is 0. The molecule has 1 aromatic rings. The summed E-state index contributed by atoms with van der Waals surface area (Å²) in [6.07, 6.45) is 2.33. The molecule has 2 amide bonds. The van der Waals surface area contributed by atoms with E-state index in [0.717, 1.165) is 12.0 Å². The molecule has 1 fully saturated rings. The molecule has 0 aromatic carbocycles. The number of aryl methyl sites for hydroxylation is 1. The van der Waals surface area contributed by atoms with Gasteiger partial charge < -0.3 is 5.32 Å². The number of carbonyl (C=O) groups is 1. The number of halogens is 1. The van der Waals surface area contributed by atoms with Gasteiger partial charge in [0.1, 0.15) is 0 Å². The van der Waals surface area contributed by atoms with Gasteiger partial charge in [-0.15, -0.1) is 0 Å². The highest BCUT2D eigenvalue weighted by Crippen LogP contribution is 2.24. The van der Waals surface area contributed by atoms with Crippen molar-refractivity contribution in [1.29, 1.82) is 0 Å². The number of anilines is 1. The van der Waals surface area contributed by atoms with Crippen molar-refractivity contribution in [2.45, 2.75) is 32.7 Å². The number of urea groups is 1. The first kappa shape index (κ1) is 11.8. The van der Waals surface area contributed by atoms with E-state index < -0.39 is 5.82 Å². The van der Waals surface area contributed by atoms with Crippen LogP contribution in [0.1, 0.15) is 26.3 Å². The molecule has 1 saturated heterocycles. The van der Waals surface area contributed by atoms with Crippen LogP contribution in [-0.2, 0) is 6.42 Å². The minimum absolute atomic E-state index is 0.102. The summed E-state index contributed by atoms with van der Waals surface area (Å²) in [5.74, 6) is -0.345. The van der Waals surface area contributed by atoms with Crippen LogP contribution in [0, 0.1) is 5.82 Å². The quantitative estimate of drug-likeness (QED) is 0.856. The topological polar surface area (TPSA) is 45.2 Å². The van der Waals surface area contributed by atoms with Crippen LogP contribution in [-0.4, -0.2) is 23.1 Å².